The number of aliphatic hydroxyl groups is 1. The van der Waals surface area contributed by atoms with Gasteiger partial charge in [-0.3, -0.25) is 0 Å². The zero-order valence-electron chi connectivity index (χ0n) is 7.20. The largest absolute Gasteiger partial charge is 0.388 e. The normalized spacial score (nSPS) is 21.2. The van der Waals surface area contributed by atoms with E-state index in [1.165, 1.54) is 12.1 Å². The number of hydrogen-bond donors (Lipinski definition) is 2. The number of hydrogen-bond acceptors (Lipinski definition) is 2. The second-order valence-electron chi connectivity index (χ2n) is 3.63. The maximum atomic E-state index is 12.6. The van der Waals surface area contributed by atoms with Gasteiger partial charge in [-0.05, 0) is 30.5 Å². The van der Waals surface area contributed by atoms with Crippen molar-refractivity contribution >= 4 is 0 Å². The van der Waals surface area contributed by atoms with Gasteiger partial charge >= 0.3 is 0 Å². The van der Waals surface area contributed by atoms with Crippen LogP contribution in [0.2, 0.25) is 0 Å². The van der Waals surface area contributed by atoms with Crippen molar-refractivity contribution in [2.75, 3.05) is 0 Å². The van der Waals surface area contributed by atoms with Crippen molar-refractivity contribution in [1.29, 1.82) is 0 Å². The summed E-state index contributed by atoms with van der Waals surface area (Å²) in [6, 6.07) is 5.59. The van der Waals surface area contributed by atoms with Crippen LogP contribution in [0.4, 0.5) is 4.39 Å². The molecule has 2 nitrogen and oxygen atoms in total. The summed E-state index contributed by atoms with van der Waals surface area (Å²) in [6.07, 6.45) is 1.48. The van der Waals surface area contributed by atoms with E-state index >= 15 is 0 Å². The van der Waals surface area contributed by atoms with Gasteiger partial charge in [0, 0.05) is 0 Å². The second kappa shape index (κ2) is 2.79. The van der Waals surface area contributed by atoms with E-state index in [1.807, 2.05) is 0 Å². The van der Waals surface area contributed by atoms with Crippen LogP contribution in [0.5, 0.6) is 0 Å². The molecule has 13 heavy (non-hydrogen) atoms. The second-order valence-corrected chi connectivity index (χ2v) is 3.63. The van der Waals surface area contributed by atoms with Gasteiger partial charge in [0.15, 0.2) is 0 Å². The predicted molar refractivity (Wildman–Crippen MR) is 47.5 cm³/mol. The quantitative estimate of drug-likeness (QED) is 0.723. The first-order valence-corrected chi connectivity index (χ1v) is 4.35. The van der Waals surface area contributed by atoms with E-state index in [9.17, 15) is 9.50 Å². The molecule has 0 amide bonds. The summed E-state index contributed by atoms with van der Waals surface area (Å²) >= 11 is 0. The van der Waals surface area contributed by atoms with Crippen LogP contribution >= 0.6 is 0 Å². The molecular weight excluding hydrogens is 169 g/mol. The summed E-state index contributed by atoms with van der Waals surface area (Å²) < 4.78 is 12.6. The highest BCUT2D eigenvalue weighted by Gasteiger charge is 2.46. The zero-order valence-corrected chi connectivity index (χ0v) is 7.20. The molecule has 0 heterocycles. The van der Waals surface area contributed by atoms with Crippen molar-refractivity contribution in [3.8, 4) is 0 Å². The molecule has 1 aromatic carbocycles. The number of nitrogens with two attached hydrogens (primary N) is 1. The van der Waals surface area contributed by atoms with E-state index in [0.717, 1.165) is 18.4 Å². The Hall–Kier alpha value is -0.930. The molecule has 3 heteroatoms. The first kappa shape index (κ1) is 8.66. The van der Waals surface area contributed by atoms with E-state index in [2.05, 4.69) is 0 Å². The van der Waals surface area contributed by atoms with Crippen molar-refractivity contribution in [2.24, 2.45) is 5.73 Å². The van der Waals surface area contributed by atoms with Crippen LogP contribution in [-0.2, 0) is 0 Å². The average molecular weight is 181 g/mol. The highest BCUT2D eigenvalue weighted by molar-refractivity contribution is 5.24. The Labute approximate surface area is 76.2 Å². The first-order valence-electron chi connectivity index (χ1n) is 4.35. The molecule has 0 saturated heterocycles. The van der Waals surface area contributed by atoms with Gasteiger partial charge in [-0.2, -0.15) is 0 Å². The van der Waals surface area contributed by atoms with E-state index < -0.39 is 5.60 Å². The highest BCUT2D eigenvalue weighted by atomic mass is 19.1. The SMILES string of the molecule is N[C@H](c1ccc(F)cc1)C1(O)CC1. The molecule has 1 aromatic rings. The first-order chi connectivity index (χ1) is 6.12. The van der Waals surface area contributed by atoms with Crippen molar-refractivity contribution in [1.82, 2.24) is 0 Å². The molecule has 0 aromatic heterocycles. The maximum absolute atomic E-state index is 12.6. The van der Waals surface area contributed by atoms with E-state index in [4.69, 9.17) is 5.73 Å². The molecule has 0 bridgehead atoms. The van der Waals surface area contributed by atoms with Gasteiger partial charge in [0.1, 0.15) is 5.82 Å². The Morgan fingerprint density at radius 3 is 2.31 bits per heavy atom. The lowest BCUT2D eigenvalue weighted by atomic mass is 10.0. The Kier molecular flexibility index (Phi) is 1.86. The molecular formula is C10H12FNO. The molecule has 1 fully saturated rings. The lowest BCUT2D eigenvalue weighted by Gasteiger charge is -2.17. The van der Waals surface area contributed by atoms with Crippen molar-refractivity contribution < 1.29 is 9.50 Å². The third-order valence-electron chi connectivity index (χ3n) is 2.57. The molecule has 1 saturated carbocycles. The summed E-state index contributed by atoms with van der Waals surface area (Å²) in [5.74, 6) is -0.279. The molecule has 0 unspecified atom stereocenters. The zero-order chi connectivity index (χ0) is 9.47. The van der Waals surface area contributed by atoms with Crippen LogP contribution in [-0.4, -0.2) is 10.7 Å². The monoisotopic (exact) mass is 181 g/mol. The van der Waals surface area contributed by atoms with Gasteiger partial charge in [-0.1, -0.05) is 12.1 Å². The van der Waals surface area contributed by atoms with Crippen molar-refractivity contribution in [3.63, 3.8) is 0 Å². The summed E-state index contributed by atoms with van der Waals surface area (Å²) in [7, 11) is 0. The standard InChI is InChI=1S/C10H12FNO/c11-8-3-1-7(2-4-8)9(12)10(13)5-6-10/h1-4,9,13H,5-6,12H2/t9-/m1/s1. The summed E-state index contributed by atoms with van der Waals surface area (Å²) in [6.45, 7) is 0. The predicted octanol–water partition coefficient (Wildman–Crippen LogP) is 1.35. The molecule has 70 valence electrons. The van der Waals surface area contributed by atoms with Crippen LogP contribution in [0.15, 0.2) is 24.3 Å². The Morgan fingerprint density at radius 1 is 1.31 bits per heavy atom. The number of halogens is 1. The van der Waals surface area contributed by atoms with Gasteiger partial charge in [0.2, 0.25) is 0 Å². The number of benzene rings is 1. The fourth-order valence-corrected chi connectivity index (χ4v) is 1.42. The Morgan fingerprint density at radius 2 is 1.85 bits per heavy atom. The van der Waals surface area contributed by atoms with Crippen molar-refractivity contribution in [3.05, 3.63) is 35.6 Å². The van der Waals surface area contributed by atoms with Gasteiger partial charge < -0.3 is 10.8 Å². The molecule has 1 aliphatic carbocycles. The molecule has 0 spiro atoms. The third kappa shape index (κ3) is 1.57. The van der Waals surface area contributed by atoms with Crippen LogP contribution in [0.1, 0.15) is 24.4 Å². The minimum Gasteiger partial charge on any atom is -0.388 e. The third-order valence-corrected chi connectivity index (χ3v) is 2.57. The van der Waals surface area contributed by atoms with Gasteiger partial charge in [-0.15, -0.1) is 0 Å². The fourth-order valence-electron chi connectivity index (χ4n) is 1.42. The Balaban J connectivity index is 2.20. The molecule has 0 aliphatic heterocycles. The minimum atomic E-state index is -0.738. The van der Waals surface area contributed by atoms with Crippen LogP contribution in [0.25, 0.3) is 0 Å². The Bertz CT molecular complexity index is 305. The number of rotatable bonds is 2. The minimum absolute atomic E-state index is 0.279. The summed E-state index contributed by atoms with van der Waals surface area (Å²) in [5, 5.41) is 9.70. The molecule has 0 radical (unpaired) electrons. The van der Waals surface area contributed by atoms with Gasteiger partial charge in [0.05, 0.1) is 11.6 Å². The van der Waals surface area contributed by atoms with E-state index in [-0.39, 0.29) is 11.9 Å². The molecule has 2 rings (SSSR count). The average Bonchev–Trinajstić information content (AvgIpc) is 2.85. The highest BCUT2D eigenvalue weighted by Crippen LogP contribution is 2.44. The van der Waals surface area contributed by atoms with Gasteiger partial charge in [0.25, 0.3) is 0 Å². The lowest BCUT2D eigenvalue weighted by molar-refractivity contribution is 0.120. The van der Waals surface area contributed by atoms with Gasteiger partial charge in [-0.25, -0.2) is 4.39 Å². The molecule has 3 N–H and O–H groups in total. The van der Waals surface area contributed by atoms with Crippen LogP contribution < -0.4 is 5.73 Å². The van der Waals surface area contributed by atoms with Crippen molar-refractivity contribution in [2.45, 2.75) is 24.5 Å². The fraction of sp³-hybridized carbons (Fsp3) is 0.400. The van der Waals surface area contributed by atoms with E-state index in [0.29, 0.717) is 0 Å². The molecule has 1 aliphatic rings. The summed E-state index contributed by atoms with van der Waals surface area (Å²) in [4.78, 5) is 0. The lowest BCUT2D eigenvalue weighted by Crippen LogP contribution is -2.27. The smallest absolute Gasteiger partial charge is 0.123 e. The van der Waals surface area contributed by atoms with E-state index in [1.54, 1.807) is 12.1 Å². The summed E-state index contributed by atoms with van der Waals surface area (Å²) in [5.41, 5.74) is 5.87. The molecule has 1 atom stereocenters. The van der Waals surface area contributed by atoms with Crippen LogP contribution in [0.3, 0.4) is 0 Å². The van der Waals surface area contributed by atoms with Crippen LogP contribution in [0, 0.1) is 5.82 Å². The maximum Gasteiger partial charge on any atom is 0.123 e. The topological polar surface area (TPSA) is 46.2 Å².